The SMILES string of the molecule is CC(C)(C)C1CCC(C(=O)Nc2cc(C(N)=O)cc(C(=O)N(C3CCC(C(C)(C)C)CC3)C3CCC(C(C)(C)C)CC3)c2)CC1. The van der Waals surface area contributed by atoms with E-state index in [-0.39, 0.29) is 51.6 Å². The topological polar surface area (TPSA) is 92.5 Å². The molecule has 6 nitrogen and oxygen atoms in total. The molecule has 0 aliphatic heterocycles. The summed E-state index contributed by atoms with van der Waals surface area (Å²) >= 11 is 0. The first-order valence-electron chi connectivity index (χ1n) is 17.9. The Labute approximate surface area is 274 Å². The summed E-state index contributed by atoms with van der Waals surface area (Å²) in [6.07, 6.45) is 12.3. The molecule has 3 fully saturated rings. The van der Waals surface area contributed by atoms with Gasteiger partial charge in [0.05, 0.1) is 0 Å². The number of nitrogens with two attached hydrogens (primary N) is 1. The van der Waals surface area contributed by atoms with Gasteiger partial charge in [0.15, 0.2) is 0 Å². The molecule has 0 bridgehead atoms. The van der Waals surface area contributed by atoms with E-state index >= 15 is 0 Å². The van der Waals surface area contributed by atoms with Gasteiger partial charge in [0.25, 0.3) is 5.91 Å². The lowest BCUT2D eigenvalue weighted by Gasteiger charge is -2.47. The molecule has 3 N–H and O–H groups in total. The highest BCUT2D eigenvalue weighted by Gasteiger charge is 2.40. The minimum atomic E-state index is -0.589. The fourth-order valence-electron chi connectivity index (χ4n) is 8.65. The van der Waals surface area contributed by atoms with Crippen molar-refractivity contribution in [1.82, 2.24) is 4.90 Å². The minimum Gasteiger partial charge on any atom is -0.366 e. The molecule has 3 amide bonds. The summed E-state index contributed by atoms with van der Waals surface area (Å²) in [7, 11) is 0. The number of anilines is 1. The first-order chi connectivity index (χ1) is 20.8. The van der Waals surface area contributed by atoms with Crippen molar-refractivity contribution in [3.8, 4) is 0 Å². The molecule has 3 aliphatic rings. The Morgan fingerprint density at radius 1 is 0.600 bits per heavy atom. The normalized spacial score (nSPS) is 28.3. The average molecular weight is 622 g/mol. The number of carbonyl (C=O) groups is 3. The number of nitrogens with one attached hydrogen (secondary N) is 1. The number of hydrogen-bond acceptors (Lipinski definition) is 3. The third kappa shape index (κ3) is 8.92. The predicted molar refractivity (Wildman–Crippen MR) is 185 cm³/mol. The van der Waals surface area contributed by atoms with E-state index in [1.165, 1.54) is 0 Å². The fourth-order valence-corrected chi connectivity index (χ4v) is 8.65. The Kier molecular flexibility index (Phi) is 10.9. The first-order valence-corrected chi connectivity index (χ1v) is 17.9. The van der Waals surface area contributed by atoms with Crippen molar-refractivity contribution in [1.29, 1.82) is 0 Å². The molecule has 0 heterocycles. The molecule has 0 unspecified atom stereocenters. The number of benzene rings is 1. The smallest absolute Gasteiger partial charge is 0.254 e. The van der Waals surface area contributed by atoms with Gasteiger partial charge in [-0.3, -0.25) is 14.4 Å². The van der Waals surface area contributed by atoms with Crippen LogP contribution in [0.4, 0.5) is 5.69 Å². The van der Waals surface area contributed by atoms with Gasteiger partial charge in [-0.2, -0.15) is 0 Å². The van der Waals surface area contributed by atoms with Crippen LogP contribution in [0.3, 0.4) is 0 Å². The summed E-state index contributed by atoms with van der Waals surface area (Å²) in [5.74, 6) is 1.22. The Morgan fingerprint density at radius 2 is 0.978 bits per heavy atom. The van der Waals surface area contributed by atoms with Gasteiger partial charge in [0.2, 0.25) is 11.8 Å². The molecule has 1 aromatic rings. The van der Waals surface area contributed by atoms with Gasteiger partial charge in [-0.05, 0) is 129 Å². The molecule has 1 aromatic carbocycles. The minimum absolute atomic E-state index is 0.0276. The number of primary amides is 1. The Balaban J connectivity index is 1.57. The van der Waals surface area contributed by atoms with Crippen LogP contribution in [0, 0.1) is 39.9 Å². The molecule has 6 heteroatoms. The maximum atomic E-state index is 14.6. The van der Waals surface area contributed by atoms with Gasteiger partial charge in [0.1, 0.15) is 0 Å². The average Bonchev–Trinajstić information content (AvgIpc) is 2.96. The highest BCUT2D eigenvalue weighted by atomic mass is 16.2. The van der Waals surface area contributed by atoms with Gasteiger partial charge in [-0.15, -0.1) is 0 Å². The lowest BCUT2D eigenvalue weighted by Crippen LogP contribution is -2.50. The van der Waals surface area contributed by atoms with E-state index in [0.717, 1.165) is 77.0 Å². The van der Waals surface area contributed by atoms with Crippen LogP contribution in [0.2, 0.25) is 0 Å². The van der Waals surface area contributed by atoms with Crippen LogP contribution < -0.4 is 11.1 Å². The van der Waals surface area contributed by atoms with E-state index < -0.39 is 5.91 Å². The van der Waals surface area contributed by atoms with E-state index in [2.05, 4.69) is 72.5 Å². The van der Waals surface area contributed by atoms with E-state index in [1.54, 1.807) is 18.2 Å². The van der Waals surface area contributed by atoms with Crippen LogP contribution in [0.1, 0.15) is 160 Å². The van der Waals surface area contributed by atoms with Crippen molar-refractivity contribution in [3.63, 3.8) is 0 Å². The molecule has 0 atom stereocenters. The van der Waals surface area contributed by atoms with Crippen LogP contribution in [0.15, 0.2) is 18.2 Å². The fraction of sp³-hybridized carbons (Fsp3) is 0.769. The van der Waals surface area contributed by atoms with E-state index in [4.69, 9.17) is 5.73 Å². The summed E-state index contributed by atoms with van der Waals surface area (Å²) in [6, 6.07) is 5.41. The predicted octanol–water partition coefficient (Wildman–Crippen LogP) is 9.23. The van der Waals surface area contributed by atoms with Crippen molar-refractivity contribution in [2.24, 2.45) is 45.7 Å². The molecule has 0 saturated heterocycles. The summed E-state index contributed by atoms with van der Waals surface area (Å²) in [5.41, 5.74) is 7.76. The molecule has 0 aromatic heterocycles. The van der Waals surface area contributed by atoms with Crippen molar-refractivity contribution >= 4 is 23.4 Å². The molecule has 0 radical (unpaired) electrons. The monoisotopic (exact) mass is 621 g/mol. The second-order valence-corrected chi connectivity index (χ2v) is 18.0. The van der Waals surface area contributed by atoms with Crippen molar-refractivity contribution < 1.29 is 14.4 Å². The molecule has 252 valence electrons. The number of rotatable bonds is 6. The quantitative estimate of drug-likeness (QED) is 0.332. The third-order valence-electron chi connectivity index (χ3n) is 11.9. The standard InChI is InChI=1S/C39H63N3O3/c1-37(2,3)28-12-10-25(11-13-28)35(44)41-31-23-26(34(40)43)22-27(24-31)36(45)42(32-18-14-29(15-19-32)38(4,5)6)33-20-16-30(17-21-33)39(7,8)9/h22-25,28-30,32-33H,10-21H2,1-9H3,(H2,40,43)(H,41,44). The molecular weight excluding hydrogens is 558 g/mol. The van der Waals surface area contributed by atoms with Crippen molar-refractivity contribution in [2.45, 2.75) is 151 Å². The van der Waals surface area contributed by atoms with Crippen LogP contribution in [0.5, 0.6) is 0 Å². The van der Waals surface area contributed by atoms with Crippen LogP contribution in [-0.2, 0) is 4.79 Å². The van der Waals surface area contributed by atoms with Gasteiger partial charge >= 0.3 is 0 Å². The Hall–Kier alpha value is -2.37. The van der Waals surface area contributed by atoms with Gasteiger partial charge < -0.3 is 16.0 Å². The maximum Gasteiger partial charge on any atom is 0.254 e. The number of carbonyl (C=O) groups excluding carboxylic acids is 3. The lowest BCUT2D eigenvalue weighted by atomic mass is 9.69. The number of hydrogen-bond donors (Lipinski definition) is 2. The molecule has 3 saturated carbocycles. The van der Waals surface area contributed by atoms with E-state index in [1.807, 2.05) is 0 Å². The largest absolute Gasteiger partial charge is 0.366 e. The highest BCUT2D eigenvalue weighted by molar-refractivity contribution is 6.02. The number of amides is 3. The van der Waals surface area contributed by atoms with Gasteiger partial charge in [0, 0.05) is 34.8 Å². The molecule has 45 heavy (non-hydrogen) atoms. The Bertz CT molecular complexity index is 1160. The van der Waals surface area contributed by atoms with Crippen molar-refractivity contribution in [3.05, 3.63) is 29.3 Å². The third-order valence-corrected chi connectivity index (χ3v) is 11.9. The second-order valence-electron chi connectivity index (χ2n) is 18.0. The zero-order valence-electron chi connectivity index (χ0n) is 29.9. The number of nitrogens with zero attached hydrogens (tertiary/aromatic N) is 1. The van der Waals surface area contributed by atoms with E-state index in [9.17, 15) is 14.4 Å². The maximum absolute atomic E-state index is 14.6. The zero-order chi connectivity index (χ0) is 33.3. The first kappa shape index (κ1) is 35.5. The summed E-state index contributed by atoms with van der Waals surface area (Å²) < 4.78 is 0. The Morgan fingerprint density at radius 3 is 1.36 bits per heavy atom. The zero-order valence-corrected chi connectivity index (χ0v) is 29.9. The van der Waals surface area contributed by atoms with Crippen LogP contribution in [0.25, 0.3) is 0 Å². The van der Waals surface area contributed by atoms with Crippen molar-refractivity contribution in [2.75, 3.05) is 5.32 Å². The van der Waals surface area contributed by atoms with Gasteiger partial charge in [-0.25, -0.2) is 0 Å². The summed E-state index contributed by atoms with van der Waals surface area (Å²) in [5, 5.41) is 3.08. The summed E-state index contributed by atoms with van der Waals surface area (Å²) in [4.78, 5) is 42.7. The lowest BCUT2D eigenvalue weighted by molar-refractivity contribution is -0.121. The molecule has 3 aliphatic carbocycles. The highest BCUT2D eigenvalue weighted by Crippen LogP contribution is 2.44. The van der Waals surface area contributed by atoms with Crippen LogP contribution >= 0.6 is 0 Å². The summed E-state index contributed by atoms with van der Waals surface area (Å²) in [6.45, 7) is 20.8. The van der Waals surface area contributed by atoms with E-state index in [0.29, 0.717) is 29.0 Å². The second kappa shape index (κ2) is 13.8. The van der Waals surface area contributed by atoms with Gasteiger partial charge in [-0.1, -0.05) is 62.3 Å². The molecular formula is C39H63N3O3. The molecule has 4 rings (SSSR count). The van der Waals surface area contributed by atoms with Crippen LogP contribution in [-0.4, -0.2) is 34.7 Å². The molecule has 0 spiro atoms.